The van der Waals surface area contributed by atoms with E-state index in [9.17, 15) is 4.79 Å². The highest BCUT2D eigenvalue weighted by atomic mass is 35.5. The van der Waals surface area contributed by atoms with Crippen molar-refractivity contribution < 1.29 is 14.3 Å². The zero-order chi connectivity index (χ0) is 14.3. The van der Waals surface area contributed by atoms with Gasteiger partial charge in [-0.2, -0.15) is 0 Å². The third-order valence-corrected chi connectivity index (χ3v) is 3.05. The van der Waals surface area contributed by atoms with Crippen molar-refractivity contribution >= 4 is 17.7 Å². The van der Waals surface area contributed by atoms with Crippen LogP contribution in [0.25, 0.3) is 0 Å². The van der Waals surface area contributed by atoms with Crippen LogP contribution in [0.4, 0.5) is 4.79 Å². The van der Waals surface area contributed by atoms with Gasteiger partial charge in [-0.3, -0.25) is 0 Å². The third kappa shape index (κ3) is 4.73. The van der Waals surface area contributed by atoms with Crippen LogP contribution in [-0.4, -0.2) is 25.9 Å². The van der Waals surface area contributed by atoms with Gasteiger partial charge in [0.1, 0.15) is 12.2 Å². The molecule has 5 heteroatoms. The topological polar surface area (TPSA) is 47.6 Å². The van der Waals surface area contributed by atoms with E-state index in [1.807, 2.05) is 25.1 Å². The highest BCUT2D eigenvalue weighted by Crippen LogP contribution is 2.28. The third-order valence-electron chi connectivity index (χ3n) is 2.70. The number of hydrogen-bond acceptors (Lipinski definition) is 3. The van der Waals surface area contributed by atoms with E-state index in [4.69, 9.17) is 21.1 Å². The van der Waals surface area contributed by atoms with Crippen molar-refractivity contribution in [3.63, 3.8) is 0 Å². The molecule has 0 radical (unpaired) electrons. The van der Waals surface area contributed by atoms with Gasteiger partial charge in [-0.15, -0.1) is 0 Å². The lowest BCUT2D eigenvalue weighted by molar-refractivity contribution is -0.0147. The summed E-state index contributed by atoms with van der Waals surface area (Å²) in [5.74, 6) is 0. The summed E-state index contributed by atoms with van der Waals surface area (Å²) in [4.78, 5) is 11.5. The Morgan fingerprint density at radius 1 is 1.42 bits per heavy atom. The average molecular weight is 286 g/mol. The molecule has 4 nitrogen and oxygen atoms in total. The zero-order valence-electron chi connectivity index (χ0n) is 11.5. The number of methoxy groups -OCH3 is 1. The minimum Gasteiger partial charge on any atom is -0.443 e. The van der Waals surface area contributed by atoms with Crippen LogP contribution in [0.5, 0.6) is 0 Å². The van der Waals surface area contributed by atoms with Crippen LogP contribution in [-0.2, 0) is 9.47 Å². The molecule has 19 heavy (non-hydrogen) atoms. The Balaban J connectivity index is 2.69. The van der Waals surface area contributed by atoms with E-state index in [0.717, 1.165) is 12.0 Å². The molecule has 0 unspecified atom stereocenters. The number of carbonyl (C=O) groups excluding carboxylic acids is 1. The van der Waals surface area contributed by atoms with Crippen molar-refractivity contribution in [1.82, 2.24) is 5.32 Å². The maximum Gasteiger partial charge on any atom is 0.407 e. The lowest BCUT2D eigenvalue weighted by atomic mass is 10.1. The second-order valence-electron chi connectivity index (χ2n) is 4.22. The van der Waals surface area contributed by atoms with Crippen molar-refractivity contribution in [2.24, 2.45) is 0 Å². The van der Waals surface area contributed by atoms with Crippen LogP contribution in [0, 0.1) is 0 Å². The first-order valence-corrected chi connectivity index (χ1v) is 6.69. The number of nitrogens with one attached hydrogen (secondary N) is 1. The van der Waals surface area contributed by atoms with Gasteiger partial charge in [0.15, 0.2) is 0 Å². The molecule has 0 aliphatic carbocycles. The standard InChI is InChI=1S/C14H20ClNO3/c1-4-9-16-14(17)19-10(2)13(18-3)11-7-5-6-8-12(11)15/h5-8,10,13H,4,9H2,1-3H3,(H,16,17)/t10-,13+/m0/s1. The first-order chi connectivity index (χ1) is 9.10. The number of carbonyl (C=O) groups is 1. The van der Waals surface area contributed by atoms with Gasteiger partial charge in [-0.05, 0) is 19.4 Å². The number of amides is 1. The molecular weight excluding hydrogens is 266 g/mol. The lowest BCUT2D eigenvalue weighted by Crippen LogP contribution is -2.31. The van der Waals surface area contributed by atoms with Crippen LogP contribution in [0.1, 0.15) is 31.9 Å². The Bertz CT molecular complexity index is 411. The molecule has 2 atom stereocenters. The molecule has 0 saturated heterocycles. The van der Waals surface area contributed by atoms with Gasteiger partial charge in [-0.25, -0.2) is 4.79 Å². The summed E-state index contributed by atoms with van der Waals surface area (Å²) >= 11 is 6.13. The predicted octanol–water partition coefficient (Wildman–Crippen LogP) is 3.55. The fourth-order valence-corrected chi connectivity index (χ4v) is 2.02. The molecule has 0 aromatic heterocycles. The molecule has 0 heterocycles. The van der Waals surface area contributed by atoms with Crippen molar-refractivity contribution in [3.8, 4) is 0 Å². The molecule has 1 rings (SSSR count). The van der Waals surface area contributed by atoms with Gasteiger partial charge in [0.05, 0.1) is 0 Å². The zero-order valence-corrected chi connectivity index (χ0v) is 12.2. The first-order valence-electron chi connectivity index (χ1n) is 6.31. The van der Waals surface area contributed by atoms with Crippen molar-refractivity contribution in [1.29, 1.82) is 0 Å². The molecule has 0 spiro atoms. The number of rotatable bonds is 6. The number of hydrogen-bond donors (Lipinski definition) is 1. The summed E-state index contributed by atoms with van der Waals surface area (Å²) in [7, 11) is 1.57. The van der Waals surface area contributed by atoms with Gasteiger partial charge < -0.3 is 14.8 Å². The highest BCUT2D eigenvalue weighted by Gasteiger charge is 2.24. The fourth-order valence-electron chi connectivity index (χ4n) is 1.78. The van der Waals surface area contributed by atoms with Crippen molar-refractivity contribution in [2.45, 2.75) is 32.5 Å². The number of ether oxygens (including phenoxy) is 2. The van der Waals surface area contributed by atoms with Crippen LogP contribution < -0.4 is 5.32 Å². The van der Waals surface area contributed by atoms with E-state index in [0.29, 0.717) is 11.6 Å². The van der Waals surface area contributed by atoms with E-state index in [1.54, 1.807) is 20.1 Å². The summed E-state index contributed by atoms with van der Waals surface area (Å²) in [6, 6.07) is 7.36. The first kappa shape index (κ1) is 15.8. The van der Waals surface area contributed by atoms with E-state index >= 15 is 0 Å². The Labute approximate surface area is 119 Å². The second kappa shape index (κ2) is 8.02. The summed E-state index contributed by atoms with van der Waals surface area (Å²) in [5, 5.41) is 3.25. The summed E-state index contributed by atoms with van der Waals surface area (Å²) in [6.45, 7) is 4.35. The van der Waals surface area contributed by atoms with Gasteiger partial charge in [0.25, 0.3) is 0 Å². The van der Waals surface area contributed by atoms with Gasteiger partial charge >= 0.3 is 6.09 Å². The Kier molecular flexibility index (Phi) is 6.67. The molecule has 0 fully saturated rings. The van der Waals surface area contributed by atoms with Crippen molar-refractivity contribution in [2.75, 3.05) is 13.7 Å². The smallest absolute Gasteiger partial charge is 0.407 e. The molecule has 0 saturated carbocycles. The van der Waals surface area contributed by atoms with Gasteiger partial charge in [0.2, 0.25) is 0 Å². The molecule has 0 aliphatic rings. The summed E-state index contributed by atoms with van der Waals surface area (Å²) in [5.41, 5.74) is 0.808. The minimum absolute atomic E-state index is 0.388. The predicted molar refractivity (Wildman–Crippen MR) is 75.4 cm³/mol. The number of benzene rings is 1. The summed E-state index contributed by atoms with van der Waals surface area (Å²) < 4.78 is 10.7. The van der Waals surface area contributed by atoms with Crippen LogP contribution in [0.15, 0.2) is 24.3 Å². The number of alkyl carbamates (subject to hydrolysis) is 1. The molecular formula is C14H20ClNO3. The average Bonchev–Trinajstić information content (AvgIpc) is 2.39. The highest BCUT2D eigenvalue weighted by molar-refractivity contribution is 6.31. The van der Waals surface area contributed by atoms with Crippen LogP contribution >= 0.6 is 11.6 Å². The van der Waals surface area contributed by atoms with E-state index in [1.165, 1.54) is 0 Å². The quantitative estimate of drug-likeness (QED) is 0.869. The largest absolute Gasteiger partial charge is 0.443 e. The van der Waals surface area contributed by atoms with Crippen molar-refractivity contribution in [3.05, 3.63) is 34.9 Å². The Hall–Kier alpha value is -1.26. The number of halogens is 1. The molecule has 1 amide bonds. The molecule has 0 bridgehead atoms. The van der Waals surface area contributed by atoms with Gasteiger partial charge in [-0.1, -0.05) is 36.7 Å². The second-order valence-corrected chi connectivity index (χ2v) is 4.62. The van der Waals surface area contributed by atoms with E-state index in [-0.39, 0.29) is 6.10 Å². The molecule has 1 aromatic rings. The Morgan fingerprint density at radius 3 is 2.68 bits per heavy atom. The minimum atomic E-state index is -0.441. The molecule has 1 N–H and O–H groups in total. The molecule has 106 valence electrons. The SMILES string of the molecule is CCCNC(=O)O[C@@H](C)[C@@H](OC)c1ccccc1Cl. The van der Waals surface area contributed by atoms with E-state index < -0.39 is 12.2 Å². The normalized spacial score (nSPS) is 13.7. The van der Waals surface area contributed by atoms with E-state index in [2.05, 4.69) is 5.32 Å². The summed E-state index contributed by atoms with van der Waals surface area (Å²) in [6.07, 6.45) is -0.395. The van der Waals surface area contributed by atoms with Crippen LogP contribution in [0.3, 0.4) is 0 Å². The maximum absolute atomic E-state index is 11.5. The fraction of sp³-hybridized carbons (Fsp3) is 0.500. The molecule has 0 aliphatic heterocycles. The van der Waals surface area contributed by atoms with Gasteiger partial charge in [0, 0.05) is 24.2 Å². The monoisotopic (exact) mass is 285 g/mol. The van der Waals surface area contributed by atoms with Crippen LogP contribution in [0.2, 0.25) is 5.02 Å². The lowest BCUT2D eigenvalue weighted by Gasteiger charge is -2.24. The Morgan fingerprint density at radius 2 is 2.11 bits per heavy atom. The maximum atomic E-state index is 11.5. The molecule has 1 aromatic carbocycles.